The summed E-state index contributed by atoms with van der Waals surface area (Å²) < 4.78 is 6.20. The van der Waals surface area contributed by atoms with E-state index in [2.05, 4.69) is 26.1 Å². The number of aromatic nitrogens is 2. The minimum absolute atomic E-state index is 0.325. The van der Waals surface area contributed by atoms with Gasteiger partial charge < -0.3 is 4.42 Å². The molecule has 3 rings (SSSR count). The fourth-order valence-electron chi connectivity index (χ4n) is 1.70. The van der Waals surface area contributed by atoms with Crippen molar-refractivity contribution in [1.82, 2.24) is 10.2 Å². The number of H-pyrrole nitrogens is 1. The number of benzene rings is 1. The number of nitrogens with zero attached hydrogens (tertiary/aromatic N) is 1. The van der Waals surface area contributed by atoms with Crippen LogP contribution >= 0.6 is 15.9 Å². The van der Waals surface area contributed by atoms with E-state index in [0.29, 0.717) is 17.8 Å². The van der Waals surface area contributed by atoms with Gasteiger partial charge in [-0.2, -0.15) is 5.10 Å². The van der Waals surface area contributed by atoms with Crippen molar-refractivity contribution in [2.75, 3.05) is 0 Å². The van der Waals surface area contributed by atoms with Crippen molar-refractivity contribution in [3.63, 3.8) is 0 Å². The van der Waals surface area contributed by atoms with Crippen molar-refractivity contribution in [2.45, 2.75) is 0 Å². The molecule has 0 radical (unpaired) electrons. The zero-order chi connectivity index (χ0) is 11.8. The Morgan fingerprint density at radius 1 is 1.29 bits per heavy atom. The standard InChI is InChI=1S/C12H7BrN2O2/c13-12-9-5-7(1-3-10(9)14-15-12)11-4-2-8(6-16)17-11/h1-6H,(H,14,15). The van der Waals surface area contributed by atoms with Crippen LogP contribution in [0.15, 0.2) is 39.4 Å². The number of furan rings is 1. The lowest BCUT2D eigenvalue weighted by molar-refractivity contribution is 0.110. The SMILES string of the molecule is O=Cc1ccc(-c2ccc3n[nH]c(Br)c3c2)o1. The van der Waals surface area contributed by atoms with Crippen molar-refractivity contribution in [2.24, 2.45) is 0 Å². The Labute approximate surface area is 105 Å². The Morgan fingerprint density at radius 3 is 2.94 bits per heavy atom. The highest BCUT2D eigenvalue weighted by Gasteiger charge is 2.08. The smallest absolute Gasteiger partial charge is 0.185 e. The number of aromatic amines is 1. The van der Waals surface area contributed by atoms with Crippen LogP contribution < -0.4 is 0 Å². The van der Waals surface area contributed by atoms with Crippen molar-refractivity contribution >= 4 is 33.1 Å². The van der Waals surface area contributed by atoms with Gasteiger partial charge in [0.15, 0.2) is 12.0 Å². The third-order valence-electron chi connectivity index (χ3n) is 2.53. The largest absolute Gasteiger partial charge is 0.453 e. The minimum atomic E-state index is 0.325. The number of hydrogen-bond donors (Lipinski definition) is 1. The lowest BCUT2D eigenvalue weighted by atomic mass is 10.1. The van der Waals surface area contributed by atoms with Crippen molar-refractivity contribution < 1.29 is 9.21 Å². The molecule has 1 N–H and O–H groups in total. The first kappa shape index (κ1) is 10.3. The predicted octanol–water partition coefficient (Wildman–Crippen LogP) is 3.40. The first-order valence-corrected chi connectivity index (χ1v) is 5.76. The van der Waals surface area contributed by atoms with Gasteiger partial charge in [0, 0.05) is 10.9 Å². The Kier molecular flexibility index (Phi) is 2.33. The van der Waals surface area contributed by atoms with Gasteiger partial charge in [0.2, 0.25) is 0 Å². The molecule has 84 valence electrons. The summed E-state index contributed by atoms with van der Waals surface area (Å²) >= 11 is 3.39. The molecular formula is C12H7BrN2O2. The lowest BCUT2D eigenvalue weighted by Gasteiger charge is -1.96. The van der Waals surface area contributed by atoms with E-state index >= 15 is 0 Å². The first-order valence-electron chi connectivity index (χ1n) is 4.97. The highest BCUT2D eigenvalue weighted by atomic mass is 79.9. The van der Waals surface area contributed by atoms with E-state index in [1.54, 1.807) is 12.1 Å². The van der Waals surface area contributed by atoms with E-state index in [1.165, 1.54) is 0 Å². The molecule has 0 aliphatic heterocycles. The van der Waals surface area contributed by atoms with Gasteiger partial charge >= 0.3 is 0 Å². The fourth-order valence-corrected chi connectivity index (χ4v) is 2.11. The first-order chi connectivity index (χ1) is 8.28. The van der Waals surface area contributed by atoms with Crippen LogP contribution in [-0.4, -0.2) is 16.5 Å². The highest BCUT2D eigenvalue weighted by molar-refractivity contribution is 9.10. The summed E-state index contributed by atoms with van der Waals surface area (Å²) in [7, 11) is 0. The molecule has 2 heterocycles. The Hall–Kier alpha value is -1.88. The number of aldehydes is 1. The summed E-state index contributed by atoms with van der Waals surface area (Å²) in [6.07, 6.45) is 0.690. The van der Waals surface area contributed by atoms with E-state index in [-0.39, 0.29) is 0 Å². The Balaban J connectivity index is 2.16. The van der Waals surface area contributed by atoms with Gasteiger partial charge in [-0.25, -0.2) is 0 Å². The normalized spacial score (nSPS) is 10.9. The summed E-state index contributed by atoms with van der Waals surface area (Å²) in [5.41, 5.74) is 1.79. The molecule has 0 spiro atoms. The second kappa shape index (κ2) is 3.85. The number of nitrogens with one attached hydrogen (secondary N) is 1. The molecule has 2 aromatic heterocycles. The van der Waals surface area contributed by atoms with Crippen LogP contribution in [0.25, 0.3) is 22.2 Å². The van der Waals surface area contributed by atoms with Crippen LogP contribution in [-0.2, 0) is 0 Å². The second-order valence-electron chi connectivity index (χ2n) is 3.59. The number of rotatable bonds is 2. The van der Waals surface area contributed by atoms with Crippen LogP contribution in [0.1, 0.15) is 10.6 Å². The average Bonchev–Trinajstić information content (AvgIpc) is 2.96. The highest BCUT2D eigenvalue weighted by Crippen LogP contribution is 2.28. The summed E-state index contributed by atoms with van der Waals surface area (Å²) in [6.45, 7) is 0. The van der Waals surface area contributed by atoms with Crippen LogP contribution in [0.2, 0.25) is 0 Å². The predicted molar refractivity (Wildman–Crippen MR) is 66.9 cm³/mol. The van der Waals surface area contributed by atoms with Gasteiger partial charge in [0.1, 0.15) is 10.4 Å². The maximum absolute atomic E-state index is 10.6. The second-order valence-corrected chi connectivity index (χ2v) is 4.38. The van der Waals surface area contributed by atoms with Gasteiger partial charge in [0.05, 0.1) is 5.52 Å². The van der Waals surface area contributed by atoms with Gasteiger partial charge in [-0.05, 0) is 46.3 Å². The summed E-state index contributed by atoms with van der Waals surface area (Å²) in [4.78, 5) is 10.6. The van der Waals surface area contributed by atoms with Crippen LogP contribution in [0.5, 0.6) is 0 Å². The molecule has 0 unspecified atom stereocenters. The summed E-state index contributed by atoms with van der Waals surface area (Å²) in [6, 6.07) is 9.18. The molecule has 0 amide bonds. The zero-order valence-electron chi connectivity index (χ0n) is 8.61. The topological polar surface area (TPSA) is 58.9 Å². The third kappa shape index (κ3) is 1.68. The van der Waals surface area contributed by atoms with Gasteiger partial charge in [-0.15, -0.1) is 0 Å². The van der Waals surface area contributed by atoms with E-state index < -0.39 is 0 Å². The number of carbonyl (C=O) groups is 1. The molecule has 0 aliphatic rings. The molecule has 0 saturated heterocycles. The minimum Gasteiger partial charge on any atom is -0.453 e. The molecule has 0 bridgehead atoms. The number of hydrogen-bond acceptors (Lipinski definition) is 3. The maximum atomic E-state index is 10.6. The van der Waals surface area contributed by atoms with Crippen molar-refractivity contribution in [3.8, 4) is 11.3 Å². The third-order valence-corrected chi connectivity index (χ3v) is 3.14. The maximum Gasteiger partial charge on any atom is 0.185 e. The van der Waals surface area contributed by atoms with E-state index in [1.807, 2.05) is 18.2 Å². The Bertz CT molecular complexity index is 699. The monoisotopic (exact) mass is 290 g/mol. The zero-order valence-corrected chi connectivity index (χ0v) is 10.2. The molecule has 4 nitrogen and oxygen atoms in total. The van der Waals surface area contributed by atoms with Crippen LogP contribution in [0.3, 0.4) is 0 Å². The van der Waals surface area contributed by atoms with E-state index in [4.69, 9.17) is 4.42 Å². The summed E-state index contributed by atoms with van der Waals surface area (Å²) in [5.74, 6) is 0.994. The van der Waals surface area contributed by atoms with E-state index in [0.717, 1.165) is 21.1 Å². The molecule has 3 aromatic rings. The van der Waals surface area contributed by atoms with Gasteiger partial charge in [-0.1, -0.05) is 0 Å². The number of carbonyl (C=O) groups excluding carboxylic acids is 1. The average molecular weight is 291 g/mol. The molecule has 0 aliphatic carbocycles. The number of halogens is 1. The van der Waals surface area contributed by atoms with Gasteiger partial charge in [0.25, 0.3) is 0 Å². The molecule has 5 heteroatoms. The molecule has 0 fully saturated rings. The molecule has 0 saturated carbocycles. The van der Waals surface area contributed by atoms with E-state index in [9.17, 15) is 4.79 Å². The fraction of sp³-hybridized carbons (Fsp3) is 0. The molecular weight excluding hydrogens is 284 g/mol. The molecule has 0 atom stereocenters. The van der Waals surface area contributed by atoms with Crippen LogP contribution in [0, 0.1) is 0 Å². The van der Waals surface area contributed by atoms with Gasteiger partial charge in [-0.3, -0.25) is 9.89 Å². The lowest BCUT2D eigenvalue weighted by Crippen LogP contribution is -1.75. The summed E-state index contributed by atoms with van der Waals surface area (Å²) in [5, 5.41) is 7.95. The van der Waals surface area contributed by atoms with Crippen molar-refractivity contribution in [1.29, 1.82) is 0 Å². The van der Waals surface area contributed by atoms with Crippen LogP contribution in [0.4, 0.5) is 0 Å². The quantitative estimate of drug-likeness (QED) is 0.736. The number of fused-ring (bicyclic) bond motifs is 1. The molecule has 1 aromatic carbocycles. The van der Waals surface area contributed by atoms with Crippen molar-refractivity contribution in [3.05, 3.63) is 40.7 Å². The Morgan fingerprint density at radius 2 is 2.18 bits per heavy atom. The molecule has 17 heavy (non-hydrogen) atoms.